The zero-order chi connectivity index (χ0) is 24.8. The van der Waals surface area contributed by atoms with E-state index in [-0.39, 0.29) is 23.5 Å². The van der Waals surface area contributed by atoms with E-state index in [0.29, 0.717) is 75.7 Å². The van der Waals surface area contributed by atoms with Crippen LogP contribution in [0.1, 0.15) is 84.2 Å². The second-order valence-electron chi connectivity index (χ2n) is 8.06. The molecule has 0 unspecified atom stereocenters. The number of carbonyl (C=O) groups excluding carboxylic acids is 4. The van der Waals surface area contributed by atoms with Gasteiger partial charge in [-0.2, -0.15) is 0 Å². The number of carbonyl (C=O) groups is 4. The second-order valence-corrected chi connectivity index (χ2v) is 8.06. The highest BCUT2D eigenvalue weighted by atomic mass is 16.5. The van der Waals surface area contributed by atoms with Crippen LogP contribution in [0.3, 0.4) is 0 Å². The first-order valence-electron chi connectivity index (χ1n) is 12.0. The second kappa shape index (κ2) is 14.8. The van der Waals surface area contributed by atoms with Gasteiger partial charge in [0.1, 0.15) is 0 Å². The van der Waals surface area contributed by atoms with E-state index in [0.717, 1.165) is 11.1 Å². The highest BCUT2D eigenvalue weighted by Crippen LogP contribution is 2.14. The van der Waals surface area contributed by atoms with E-state index in [1.807, 2.05) is 24.3 Å². The van der Waals surface area contributed by atoms with Crippen molar-refractivity contribution >= 4 is 23.5 Å². The van der Waals surface area contributed by atoms with E-state index in [1.165, 1.54) is 0 Å². The zero-order valence-electron chi connectivity index (χ0n) is 20.1. The molecule has 6 nitrogen and oxygen atoms in total. The first-order valence-corrected chi connectivity index (χ1v) is 12.0. The maximum Gasteiger partial charge on any atom is 0.306 e. The number of esters is 2. The van der Waals surface area contributed by atoms with Crippen LogP contribution in [-0.4, -0.2) is 36.7 Å². The minimum atomic E-state index is -0.220. The number of Topliss-reactive ketones (excluding diaryl/α,β-unsaturated/α-hetero) is 2. The van der Waals surface area contributed by atoms with E-state index in [4.69, 9.17) is 9.47 Å². The Labute approximate surface area is 201 Å². The maximum absolute atomic E-state index is 12.4. The van der Waals surface area contributed by atoms with Gasteiger partial charge in [-0.1, -0.05) is 48.5 Å². The van der Waals surface area contributed by atoms with Crippen LogP contribution in [0.2, 0.25) is 0 Å². The van der Waals surface area contributed by atoms with Gasteiger partial charge in [-0.05, 0) is 50.7 Å². The normalized spacial score (nSPS) is 10.5. The number of unbranched alkanes of at least 4 members (excludes halogenated alkanes) is 1. The summed E-state index contributed by atoms with van der Waals surface area (Å²) in [7, 11) is 0. The van der Waals surface area contributed by atoms with Crippen molar-refractivity contribution in [1.29, 1.82) is 0 Å². The Morgan fingerprint density at radius 3 is 1.24 bits per heavy atom. The molecule has 0 aliphatic rings. The lowest BCUT2D eigenvalue weighted by molar-refractivity contribution is -0.144. The number of aryl methyl sites for hydroxylation is 2. The Balaban J connectivity index is 1.69. The van der Waals surface area contributed by atoms with E-state index >= 15 is 0 Å². The number of ketones is 2. The summed E-state index contributed by atoms with van der Waals surface area (Å²) in [5, 5.41) is 0. The minimum absolute atomic E-state index is 0.0512. The van der Waals surface area contributed by atoms with Crippen LogP contribution in [0.5, 0.6) is 0 Å². The monoisotopic (exact) mass is 466 g/mol. The molecule has 6 heteroatoms. The van der Waals surface area contributed by atoms with Gasteiger partial charge in [0.25, 0.3) is 0 Å². The molecule has 0 saturated carbocycles. The third-order valence-corrected chi connectivity index (χ3v) is 5.46. The predicted octanol–water partition coefficient (Wildman–Crippen LogP) is 5.30. The van der Waals surface area contributed by atoms with Gasteiger partial charge in [0, 0.05) is 36.8 Å². The first kappa shape index (κ1) is 27.0. The lowest BCUT2D eigenvalue weighted by Gasteiger charge is -2.06. The van der Waals surface area contributed by atoms with Gasteiger partial charge in [-0.25, -0.2) is 0 Å². The Morgan fingerprint density at radius 2 is 0.912 bits per heavy atom. The van der Waals surface area contributed by atoms with Gasteiger partial charge in [0.2, 0.25) is 0 Å². The standard InChI is InChI=1S/C28H34O6/c1-3-33-27(31)19-13-21-9-15-23(16-10-21)25(29)7-5-6-8-26(30)24-17-11-22(12-18-24)14-20-28(32)34-4-2/h9-12,15-18H,3-8,13-14,19-20H2,1-2H3. The van der Waals surface area contributed by atoms with Gasteiger partial charge >= 0.3 is 11.9 Å². The van der Waals surface area contributed by atoms with Crippen molar-refractivity contribution in [3.8, 4) is 0 Å². The highest BCUT2D eigenvalue weighted by Gasteiger charge is 2.10. The molecule has 0 spiro atoms. The molecular formula is C28H34O6. The molecule has 2 aromatic rings. The number of rotatable bonds is 15. The molecule has 0 N–H and O–H groups in total. The fourth-order valence-corrected chi connectivity index (χ4v) is 3.53. The number of hydrogen-bond donors (Lipinski definition) is 0. The summed E-state index contributed by atoms with van der Waals surface area (Å²) in [5.41, 5.74) is 3.26. The molecule has 0 aliphatic heterocycles. The fourth-order valence-electron chi connectivity index (χ4n) is 3.53. The van der Waals surface area contributed by atoms with Crippen molar-refractivity contribution in [3.05, 3.63) is 70.8 Å². The quantitative estimate of drug-likeness (QED) is 0.201. The lowest BCUT2D eigenvalue weighted by atomic mass is 9.99. The Kier molecular flexibility index (Phi) is 11.7. The van der Waals surface area contributed by atoms with Gasteiger partial charge < -0.3 is 9.47 Å². The molecule has 2 aromatic carbocycles. The van der Waals surface area contributed by atoms with Crippen molar-refractivity contribution in [2.75, 3.05) is 13.2 Å². The highest BCUT2D eigenvalue weighted by molar-refractivity contribution is 5.97. The summed E-state index contributed by atoms with van der Waals surface area (Å²) in [6, 6.07) is 14.6. The third-order valence-electron chi connectivity index (χ3n) is 5.46. The summed E-state index contributed by atoms with van der Waals surface area (Å²) in [6.07, 6.45) is 3.89. The summed E-state index contributed by atoms with van der Waals surface area (Å²) in [6.45, 7) is 4.32. The molecule has 0 atom stereocenters. The van der Waals surface area contributed by atoms with Crippen molar-refractivity contribution < 1.29 is 28.7 Å². The van der Waals surface area contributed by atoms with Gasteiger partial charge in [-0.3, -0.25) is 19.2 Å². The number of benzene rings is 2. The van der Waals surface area contributed by atoms with Gasteiger partial charge in [0.15, 0.2) is 11.6 Å². The van der Waals surface area contributed by atoms with Crippen LogP contribution in [0, 0.1) is 0 Å². The molecule has 182 valence electrons. The average molecular weight is 467 g/mol. The molecule has 34 heavy (non-hydrogen) atoms. The summed E-state index contributed by atoms with van der Waals surface area (Å²) < 4.78 is 9.85. The molecule has 0 radical (unpaired) electrons. The molecule has 0 amide bonds. The van der Waals surface area contributed by atoms with Gasteiger partial charge in [0.05, 0.1) is 13.2 Å². The molecule has 2 rings (SSSR count). The molecule has 0 heterocycles. The maximum atomic E-state index is 12.4. The van der Waals surface area contributed by atoms with Crippen molar-refractivity contribution in [2.45, 2.75) is 65.2 Å². The van der Waals surface area contributed by atoms with Crippen LogP contribution in [-0.2, 0) is 31.9 Å². The molecule has 0 aliphatic carbocycles. The molecular weight excluding hydrogens is 432 g/mol. The summed E-state index contributed by atoms with van der Waals surface area (Å²) in [4.78, 5) is 47.7. The molecule has 0 saturated heterocycles. The SMILES string of the molecule is CCOC(=O)CCc1ccc(C(=O)CCCCC(=O)c2ccc(CCC(=O)OCC)cc2)cc1. The van der Waals surface area contributed by atoms with Crippen LogP contribution in [0.15, 0.2) is 48.5 Å². The first-order chi connectivity index (χ1) is 16.4. The Hall–Kier alpha value is -3.28. The van der Waals surface area contributed by atoms with Crippen LogP contribution in [0.4, 0.5) is 0 Å². The topological polar surface area (TPSA) is 86.7 Å². The van der Waals surface area contributed by atoms with E-state index < -0.39 is 0 Å². The number of hydrogen-bond acceptors (Lipinski definition) is 6. The molecule has 0 aromatic heterocycles. The molecule has 0 fully saturated rings. The van der Waals surface area contributed by atoms with Crippen LogP contribution < -0.4 is 0 Å². The lowest BCUT2D eigenvalue weighted by Crippen LogP contribution is -2.06. The molecule has 0 bridgehead atoms. The fraction of sp³-hybridized carbons (Fsp3) is 0.429. The smallest absolute Gasteiger partial charge is 0.306 e. The number of ether oxygens (including phenoxy) is 2. The summed E-state index contributed by atoms with van der Waals surface area (Å²) in [5.74, 6) is -0.338. The Bertz CT molecular complexity index is 864. The summed E-state index contributed by atoms with van der Waals surface area (Å²) >= 11 is 0. The minimum Gasteiger partial charge on any atom is -0.466 e. The zero-order valence-corrected chi connectivity index (χ0v) is 20.1. The predicted molar refractivity (Wildman–Crippen MR) is 130 cm³/mol. The van der Waals surface area contributed by atoms with E-state index in [2.05, 4.69) is 0 Å². The third kappa shape index (κ3) is 9.69. The van der Waals surface area contributed by atoms with Crippen molar-refractivity contribution in [1.82, 2.24) is 0 Å². The van der Waals surface area contributed by atoms with E-state index in [1.54, 1.807) is 38.1 Å². The Morgan fingerprint density at radius 1 is 0.559 bits per heavy atom. The average Bonchev–Trinajstić information content (AvgIpc) is 2.85. The largest absolute Gasteiger partial charge is 0.466 e. The van der Waals surface area contributed by atoms with Crippen molar-refractivity contribution in [2.24, 2.45) is 0 Å². The van der Waals surface area contributed by atoms with Gasteiger partial charge in [-0.15, -0.1) is 0 Å². The van der Waals surface area contributed by atoms with Crippen molar-refractivity contribution in [3.63, 3.8) is 0 Å². The van der Waals surface area contributed by atoms with Crippen LogP contribution in [0.25, 0.3) is 0 Å². The van der Waals surface area contributed by atoms with Crippen LogP contribution >= 0.6 is 0 Å². The van der Waals surface area contributed by atoms with E-state index in [9.17, 15) is 19.2 Å².